The average Bonchev–Trinajstić information content (AvgIpc) is 3.22. The molecule has 8 heteroatoms. The van der Waals surface area contributed by atoms with Crippen LogP contribution >= 0.6 is 0 Å². The molecule has 3 aliphatic rings. The summed E-state index contributed by atoms with van der Waals surface area (Å²) in [5.74, 6) is -0.622. The number of hydrogen-bond acceptors (Lipinski definition) is 6. The quantitative estimate of drug-likeness (QED) is 0.669. The van der Waals surface area contributed by atoms with Crippen molar-refractivity contribution in [3.8, 4) is 5.75 Å². The Morgan fingerprint density at radius 2 is 1.82 bits per heavy atom. The number of piperidine rings is 1. The van der Waals surface area contributed by atoms with E-state index in [-0.39, 0.29) is 44.4 Å². The van der Waals surface area contributed by atoms with Crippen LogP contribution in [0.3, 0.4) is 0 Å². The molecule has 3 heterocycles. The van der Waals surface area contributed by atoms with Crippen LogP contribution < -0.4 is 10.1 Å². The Balaban J connectivity index is 1.26. The summed E-state index contributed by atoms with van der Waals surface area (Å²) in [5.41, 5.74) is 2.46. The van der Waals surface area contributed by atoms with E-state index in [1.54, 1.807) is 42.5 Å². The summed E-state index contributed by atoms with van der Waals surface area (Å²) in [7, 11) is 0. The third kappa shape index (κ3) is 4.62. The second-order valence-corrected chi connectivity index (χ2v) is 8.00. The first-order valence-electron chi connectivity index (χ1n) is 13.8. The Labute approximate surface area is 200 Å². The number of carbonyl (C=O) groups is 3. The van der Waals surface area contributed by atoms with Crippen molar-refractivity contribution in [3.05, 3.63) is 64.7 Å². The lowest BCUT2D eigenvalue weighted by molar-refractivity contribution is -0.136. The van der Waals surface area contributed by atoms with Gasteiger partial charge in [-0.2, -0.15) is 0 Å². The highest BCUT2D eigenvalue weighted by atomic mass is 16.5. The minimum Gasteiger partial charge on any atom is -0.489 e. The van der Waals surface area contributed by atoms with Gasteiger partial charge in [-0.25, -0.2) is 0 Å². The highest BCUT2D eigenvalue weighted by Crippen LogP contribution is 2.34. The van der Waals surface area contributed by atoms with Gasteiger partial charge in [-0.1, -0.05) is 30.3 Å². The monoisotopic (exact) mass is 455 g/mol. The molecule has 3 amide bonds. The molecule has 0 bridgehead atoms. The molecule has 0 saturated carbocycles. The Morgan fingerprint density at radius 3 is 2.58 bits per heavy atom. The Morgan fingerprint density at radius 1 is 1.06 bits per heavy atom. The van der Waals surface area contributed by atoms with Gasteiger partial charge in [0.2, 0.25) is 11.8 Å². The molecule has 5 rings (SSSR count). The Hall–Kier alpha value is -3.23. The number of imide groups is 1. The molecule has 2 aromatic carbocycles. The molecule has 1 N–H and O–H groups in total. The molecule has 2 aromatic rings. The fraction of sp³-hybridized carbons (Fsp3) is 0.400. The van der Waals surface area contributed by atoms with Gasteiger partial charge in [0.1, 0.15) is 18.4 Å². The van der Waals surface area contributed by atoms with E-state index in [1.165, 1.54) is 4.90 Å². The standard InChI is InChI=1S/C25H27N3O5/c29-23-9-8-21(24(30)26-23)28-15-20-19(25(28)31)2-1-3-22(20)33-16-18-6-4-17(5-7-18)14-27-10-12-32-13-11-27/h1-7,21H,8-16H2,(H,26,29,30)/i10D2,11D2,12D,13D. The zero-order valence-corrected chi connectivity index (χ0v) is 17.7. The van der Waals surface area contributed by atoms with Crippen molar-refractivity contribution < 1.29 is 32.1 Å². The zero-order valence-electron chi connectivity index (χ0n) is 23.7. The molecule has 2 fully saturated rings. The van der Waals surface area contributed by atoms with Crippen LogP contribution in [0.1, 0.15) is 48.1 Å². The summed E-state index contributed by atoms with van der Waals surface area (Å²) in [6.07, 6.45) is 0.440. The summed E-state index contributed by atoms with van der Waals surface area (Å²) < 4.78 is 59.0. The number of morpholine rings is 1. The third-order valence-electron chi connectivity index (χ3n) is 5.85. The van der Waals surface area contributed by atoms with Crippen LogP contribution in [0.5, 0.6) is 5.75 Å². The Bertz CT molecular complexity index is 1290. The summed E-state index contributed by atoms with van der Waals surface area (Å²) >= 11 is 0. The van der Waals surface area contributed by atoms with Gasteiger partial charge in [-0.3, -0.25) is 24.6 Å². The summed E-state index contributed by atoms with van der Waals surface area (Å²) in [6.45, 7) is -8.13. The highest BCUT2D eigenvalue weighted by molar-refractivity contribution is 6.05. The van der Waals surface area contributed by atoms with E-state index >= 15 is 0 Å². The second-order valence-electron chi connectivity index (χ2n) is 8.00. The van der Waals surface area contributed by atoms with E-state index in [0.717, 1.165) is 10.5 Å². The second kappa shape index (κ2) is 9.33. The van der Waals surface area contributed by atoms with Crippen LogP contribution in [0.15, 0.2) is 42.5 Å². The maximum atomic E-state index is 13.0. The van der Waals surface area contributed by atoms with Crippen molar-refractivity contribution in [2.75, 3.05) is 26.2 Å². The van der Waals surface area contributed by atoms with Crippen LogP contribution in [-0.4, -0.2) is 59.7 Å². The van der Waals surface area contributed by atoms with E-state index in [4.69, 9.17) is 17.7 Å². The van der Waals surface area contributed by atoms with Gasteiger partial charge < -0.3 is 14.4 Å². The lowest BCUT2D eigenvalue weighted by Crippen LogP contribution is -2.52. The van der Waals surface area contributed by atoms with Crippen molar-refractivity contribution in [1.82, 2.24) is 15.1 Å². The summed E-state index contributed by atoms with van der Waals surface area (Å²) in [6, 6.07) is 11.3. The van der Waals surface area contributed by atoms with E-state index in [9.17, 15) is 14.4 Å². The van der Waals surface area contributed by atoms with E-state index in [2.05, 4.69) is 5.32 Å². The number of fused-ring (bicyclic) bond motifs is 1. The molecular weight excluding hydrogens is 422 g/mol. The van der Waals surface area contributed by atoms with Crippen LogP contribution in [-0.2, 0) is 34.0 Å². The first kappa shape index (κ1) is 15.6. The van der Waals surface area contributed by atoms with Crippen LogP contribution in [0.4, 0.5) is 0 Å². The number of amides is 3. The number of rotatable bonds is 6. The van der Waals surface area contributed by atoms with Crippen molar-refractivity contribution in [2.45, 2.75) is 38.6 Å². The first-order chi connectivity index (χ1) is 18.4. The maximum absolute atomic E-state index is 13.0. The molecule has 3 aliphatic heterocycles. The third-order valence-corrected chi connectivity index (χ3v) is 5.85. The maximum Gasteiger partial charge on any atom is 0.255 e. The van der Waals surface area contributed by atoms with Crippen LogP contribution in [0.2, 0.25) is 0 Å². The highest BCUT2D eigenvalue weighted by Gasteiger charge is 2.40. The van der Waals surface area contributed by atoms with Gasteiger partial charge >= 0.3 is 0 Å². The van der Waals surface area contributed by atoms with Crippen LogP contribution in [0.25, 0.3) is 0 Å². The molecule has 0 radical (unpaired) electrons. The van der Waals surface area contributed by atoms with Crippen molar-refractivity contribution in [3.63, 3.8) is 0 Å². The predicted molar refractivity (Wildman–Crippen MR) is 119 cm³/mol. The number of benzene rings is 2. The summed E-state index contributed by atoms with van der Waals surface area (Å²) in [5, 5.41) is 2.29. The fourth-order valence-corrected chi connectivity index (χ4v) is 4.13. The van der Waals surface area contributed by atoms with E-state index in [0.29, 0.717) is 22.4 Å². The topological polar surface area (TPSA) is 88.2 Å². The van der Waals surface area contributed by atoms with Gasteiger partial charge in [-0.05, 0) is 29.7 Å². The van der Waals surface area contributed by atoms with Gasteiger partial charge in [0.15, 0.2) is 0 Å². The molecule has 0 spiro atoms. The summed E-state index contributed by atoms with van der Waals surface area (Å²) in [4.78, 5) is 39.1. The fourth-order valence-electron chi connectivity index (χ4n) is 4.13. The minimum absolute atomic E-state index is 0.159. The molecular formula is C25H27N3O5. The molecule has 3 atom stereocenters. The largest absolute Gasteiger partial charge is 0.489 e. The number of nitrogens with zero attached hydrogens (tertiary/aromatic N) is 2. The van der Waals surface area contributed by atoms with Gasteiger partial charge in [0, 0.05) is 42.6 Å². The number of hydrogen-bond donors (Lipinski definition) is 1. The lowest BCUT2D eigenvalue weighted by Gasteiger charge is -2.29. The number of ether oxygens (including phenoxy) is 2. The molecule has 3 unspecified atom stereocenters. The first-order valence-corrected chi connectivity index (χ1v) is 10.6. The Kier molecular flexibility index (Phi) is 4.40. The molecule has 0 aromatic heterocycles. The molecule has 172 valence electrons. The minimum atomic E-state index is -2.43. The molecule has 2 saturated heterocycles. The van der Waals surface area contributed by atoms with E-state index in [1.807, 2.05) is 0 Å². The average molecular weight is 456 g/mol. The van der Waals surface area contributed by atoms with Gasteiger partial charge in [-0.15, -0.1) is 0 Å². The zero-order chi connectivity index (χ0) is 28.1. The number of carbonyl (C=O) groups excluding carboxylic acids is 3. The van der Waals surface area contributed by atoms with Crippen LogP contribution in [0, 0.1) is 0 Å². The SMILES string of the molecule is [2H]C1OC([2H])C([2H])([2H])N(Cc2ccc(COc3cccc4c3CN(C3CCC(=O)NC3=O)C4=O)cc2)C1([2H])[2H]. The molecule has 0 aliphatic carbocycles. The van der Waals surface area contributed by atoms with Crippen molar-refractivity contribution in [1.29, 1.82) is 0 Å². The van der Waals surface area contributed by atoms with Crippen molar-refractivity contribution in [2.24, 2.45) is 0 Å². The van der Waals surface area contributed by atoms with Gasteiger partial charge in [0.25, 0.3) is 5.91 Å². The number of nitrogens with one attached hydrogen (secondary N) is 1. The molecule has 8 nitrogen and oxygen atoms in total. The smallest absolute Gasteiger partial charge is 0.255 e. The van der Waals surface area contributed by atoms with E-state index < -0.39 is 38.1 Å². The lowest BCUT2D eigenvalue weighted by atomic mass is 10.0. The predicted octanol–water partition coefficient (Wildman–Crippen LogP) is 1.86. The normalized spacial score (nSPS) is 31.3. The van der Waals surface area contributed by atoms with Gasteiger partial charge in [0.05, 0.1) is 22.5 Å². The molecule has 33 heavy (non-hydrogen) atoms. The van der Waals surface area contributed by atoms with Crippen molar-refractivity contribution >= 4 is 17.7 Å².